The minimum atomic E-state index is -0.283. The Hall–Kier alpha value is -2.93. The van der Waals surface area contributed by atoms with E-state index in [4.69, 9.17) is 5.21 Å². The van der Waals surface area contributed by atoms with Crippen LogP contribution in [-0.2, 0) is 0 Å². The number of ketones is 1. The summed E-state index contributed by atoms with van der Waals surface area (Å²) in [4.78, 5) is 20.0. The number of carbonyl (C=O) groups excluding carboxylic acids is 1. The fraction of sp³-hybridized carbons (Fsp3) is 0. The molecule has 0 unspecified atom stereocenters. The van der Waals surface area contributed by atoms with Gasteiger partial charge >= 0.3 is 0 Å². The van der Waals surface area contributed by atoms with Crippen molar-refractivity contribution < 1.29 is 15.1 Å². The van der Waals surface area contributed by atoms with Crippen molar-refractivity contribution in [2.24, 2.45) is 10.1 Å². The van der Waals surface area contributed by atoms with Crippen LogP contribution in [-0.4, -0.2) is 33.0 Å². The van der Waals surface area contributed by atoms with Gasteiger partial charge in [-0.1, -0.05) is 23.4 Å². The van der Waals surface area contributed by atoms with Crippen molar-refractivity contribution in [2.75, 3.05) is 0 Å². The minimum absolute atomic E-state index is 0.103. The largest absolute Gasteiger partial charge is 0.494 e. The van der Waals surface area contributed by atoms with Gasteiger partial charge in [0.15, 0.2) is 5.88 Å². The van der Waals surface area contributed by atoms with Gasteiger partial charge in [0.1, 0.15) is 5.71 Å². The summed E-state index contributed by atoms with van der Waals surface area (Å²) in [6.45, 7) is 0. The number of aromatic hydroxyl groups is 1. The Morgan fingerprint density at radius 3 is 2.88 bits per heavy atom. The Morgan fingerprint density at radius 2 is 2.08 bits per heavy atom. The lowest BCUT2D eigenvalue weighted by molar-refractivity contribution is 0.107. The summed E-state index contributed by atoms with van der Waals surface area (Å²) in [5.41, 5.74) is 2.78. The molecule has 0 amide bonds. The number of halogens is 1. The normalized spacial score (nSPS) is 13.7. The Balaban J connectivity index is 1.89. The topological polar surface area (TPSA) is 98.0 Å². The van der Waals surface area contributed by atoms with Crippen molar-refractivity contribution in [3.63, 3.8) is 0 Å². The molecule has 0 fully saturated rings. The lowest BCUT2D eigenvalue weighted by Crippen LogP contribution is -2.11. The zero-order valence-electron chi connectivity index (χ0n) is 12.1. The van der Waals surface area contributed by atoms with Crippen molar-refractivity contribution in [3.05, 3.63) is 57.6 Å². The molecule has 1 aliphatic rings. The quantitative estimate of drug-likeness (QED) is 0.357. The first-order valence-electron chi connectivity index (χ1n) is 7.04. The van der Waals surface area contributed by atoms with Crippen LogP contribution in [0.15, 0.2) is 51.0 Å². The number of hydrogen-bond donors (Lipinski definition) is 3. The summed E-state index contributed by atoms with van der Waals surface area (Å²) in [6, 6.07) is 10.5. The van der Waals surface area contributed by atoms with Gasteiger partial charge in [-0.2, -0.15) is 0 Å². The van der Waals surface area contributed by atoms with Gasteiger partial charge in [0.2, 0.25) is 5.78 Å². The molecule has 1 aromatic heterocycles. The van der Waals surface area contributed by atoms with E-state index < -0.39 is 0 Å². The Morgan fingerprint density at radius 1 is 1.25 bits per heavy atom. The van der Waals surface area contributed by atoms with Crippen LogP contribution < -0.4 is 0 Å². The molecule has 118 valence electrons. The van der Waals surface area contributed by atoms with Crippen molar-refractivity contribution in [3.8, 4) is 5.88 Å². The maximum absolute atomic E-state index is 12.8. The molecular weight excluding hydrogens is 374 g/mol. The summed E-state index contributed by atoms with van der Waals surface area (Å²) < 4.78 is 0.784. The highest BCUT2D eigenvalue weighted by Crippen LogP contribution is 2.37. The smallest absolute Gasteiger partial charge is 0.214 e. The number of rotatable bonds is 2. The number of nitrogens with zero attached hydrogens (tertiary/aromatic N) is 2. The molecule has 0 radical (unpaired) electrons. The van der Waals surface area contributed by atoms with Crippen LogP contribution in [0.3, 0.4) is 0 Å². The highest BCUT2D eigenvalue weighted by Gasteiger charge is 2.30. The summed E-state index contributed by atoms with van der Waals surface area (Å²) in [7, 11) is 0. The molecule has 4 rings (SSSR count). The van der Waals surface area contributed by atoms with Crippen LogP contribution in [0.25, 0.3) is 10.9 Å². The first-order valence-corrected chi connectivity index (χ1v) is 7.84. The zero-order chi connectivity index (χ0) is 16.8. The number of aliphatic imine (C=N–C) groups is 1. The Bertz CT molecular complexity index is 1070. The summed E-state index contributed by atoms with van der Waals surface area (Å²) >= 11 is 3.42. The third kappa shape index (κ3) is 2.05. The van der Waals surface area contributed by atoms with Crippen LogP contribution in [0.1, 0.15) is 21.5 Å². The number of nitrogens with one attached hydrogen (secondary N) is 1. The van der Waals surface area contributed by atoms with Crippen molar-refractivity contribution >= 4 is 50.2 Å². The average Bonchev–Trinajstić information content (AvgIpc) is 3.06. The molecule has 0 saturated heterocycles. The molecule has 2 aromatic carbocycles. The lowest BCUT2D eigenvalue weighted by Gasteiger charge is -1.99. The number of aromatic nitrogens is 1. The SMILES string of the molecule is O=C1C(c2c(O)[nH]c3c(Br)cccc23)=Nc2ccc(/C=N/O)cc21. The molecular formula is C17H10BrN3O3. The molecule has 6 nitrogen and oxygen atoms in total. The van der Waals surface area contributed by atoms with Gasteiger partial charge in [-0.3, -0.25) is 4.79 Å². The molecule has 0 aliphatic carbocycles. The number of benzene rings is 2. The summed E-state index contributed by atoms with van der Waals surface area (Å²) in [6.07, 6.45) is 1.24. The minimum Gasteiger partial charge on any atom is -0.494 e. The van der Waals surface area contributed by atoms with Crippen LogP contribution in [0.5, 0.6) is 5.88 Å². The van der Waals surface area contributed by atoms with Crippen LogP contribution in [0.2, 0.25) is 0 Å². The second kappa shape index (κ2) is 5.31. The van der Waals surface area contributed by atoms with Gasteiger partial charge in [-0.15, -0.1) is 0 Å². The second-order valence-corrected chi connectivity index (χ2v) is 6.18. The van der Waals surface area contributed by atoms with Gasteiger partial charge < -0.3 is 15.3 Å². The molecule has 0 spiro atoms. The molecule has 7 heteroatoms. The number of carbonyl (C=O) groups is 1. The van der Waals surface area contributed by atoms with E-state index in [0.717, 1.165) is 4.47 Å². The first kappa shape index (κ1) is 14.6. The van der Waals surface area contributed by atoms with E-state index in [-0.39, 0.29) is 17.4 Å². The molecule has 0 atom stereocenters. The predicted octanol–water partition coefficient (Wildman–Crippen LogP) is 3.76. The number of para-hydroxylation sites is 1. The number of oxime groups is 1. The molecule has 0 bridgehead atoms. The van der Waals surface area contributed by atoms with Crippen molar-refractivity contribution in [1.29, 1.82) is 0 Å². The number of aromatic amines is 1. The van der Waals surface area contributed by atoms with Crippen molar-refractivity contribution in [2.45, 2.75) is 0 Å². The molecule has 0 saturated carbocycles. The van der Waals surface area contributed by atoms with Crippen LogP contribution in [0.4, 0.5) is 5.69 Å². The van der Waals surface area contributed by atoms with E-state index in [1.54, 1.807) is 18.2 Å². The number of hydrogen-bond acceptors (Lipinski definition) is 5. The van der Waals surface area contributed by atoms with E-state index in [1.165, 1.54) is 6.21 Å². The van der Waals surface area contributed by atoms with Gasteiger partial charge in [-0.25, -0.2) is 4.99 Å². The molecule has 1 aliphatic heterocycles. The van der Waals surface area contributed by atoms with Crippen molar-refractivity contribution in [1.82, 2.24) is 4.98 Å². The molecule has 2 heterocycles. The molecule has 3 N–H and O–H groups in total. The van der Waals surface area contributed by atoms with E-state index in [2.05, 4.69) is 31.1 Å². The summed E-state index contributed by atoms with van der Waals surface area (Å²) in [5, 5.41) is 22.6. The number of fused-ring (bicyclic) bond motifs is 2. The van der Waals surface area contributed by atoms with E-state index in [9.17, 15) is 9.90 Å². The van der Waals surface area contributed by atoms with Gasteiger partial charge in [0, 0.05) is 9.86 Å². The second-order valence-electron chi connectivity index (χ2n) is 5.32. The van der Waals surface area contributed by atoms with Gasteiger partial charge in [0.25, 0.3) is 0 Å². The standard InChI is InChI=1S/C17H10BrN3O3/c18-11-3-1-2-9-13(17(23)21-14(9)11)15-16(22)10-6-8(7-19-24)4-5-12(10)20-15/h1-7,21,23-24H/b19-7+. The maximum atomic E-state index is 12.8. The van der Waals surface area contributed by atoms with E-state index in [0.29, 0.717) is 33.3 Å². The molecule has 24 heavy (non-hydrogen) atoms. The highest BCUT2D eigenvalue weighted by molar-refractivity contribution is 9.10. The highest BCUT2D eigenvalue weighted by atomic mass is 79.9. The third-order valence-corrected chi connectivity index (χ3v) is 4.58. The summed E-state index contributed by atoms with van der Waals surface area (Å²) in [5.74, 6) is -0.386. The van der Waals surface area contributed by atoms with Gasteiger partial charge in [0.05, 0.1) is 28.5 Å². The lowest BCUT2D eigenvalue weighted by atomic mass is 10.0. The number of Topliss-reactive ketones (excluding diaryl/α,β-unsaturated/α-hetero) is 1. The number of H-pyrrole nitrogens is 1. The predicted molar refractivity (Wildman–Crippen MR) is 94.0 cm³/mol. The zero-order valence-corrected chi connectivity index (χ0v) is 13.7. The first-order chi connectivity index (χ1) is 11.6. The van der Waals surface area contributed by atoms with Crippen LogP contribution >= 0.6 is 15.9 Å². The molecule has 3 aromatic rings. The Kier molecular flexibility index (Phi) is 3.24. The third-order valence-electron chi connectivity index (χ3n) is 3.92. The Labute approximate surface area is 144 Å². The maximum Gasteiger partial charge on any atom is 0.214 e. The fourth-order valence-electron chi connectivity index (χ4n) is 2.86. The monoisotopic (exact) mass is 383 g/mol. The van der Waals surface area contributed by atoms with Gasteiger partial charge in [-0.05, 0) is 39.7 Å². The van der Waals surface area contributed by atoms with Crippen LogP contribution in [0, 0.1) is 0 Å². The average molecular weight is 384 g/mol. The van der Waals surface area contributed by atoms with E-state index in [1.807, 2.05) is 18.2 Å². The van der Waals surface area contributed by atoms with E-state index >= 15 is 0 Å². The fourth-order valence-corrected chi connectivity index (χ4v) is 3.32.